The lowest BCUT2D eigenvalue weighted by Crippen LogP contribution is -2.41. The van der Waals surface area contributed by atoms with Crippen LogP contribution in [-0.4, -0.2) is 56.3 Å². The number of carbonyl (C=O) groups excluding carboxylic acids is 1. The van der Waals surface area contributed by atoms with Gasteiger partial charge in [-0.3, -0.25) is 4.79 Å². The molecule has 3 rings (SSSR count). The third-order valence-corrected chi connectivity index (χ3v) is 5.38. The van der Waals surface area contributed by atoms with Gasteiger partial charge in [0.1, 0.15) is 0 Å². The van der Waals surface area contributed by atoms with E-state index in [4.69, 9.17) is 4.74 Å². The van der Waals surface area contributed by atoms with E-state index in [1.165, 1.54) is 11.3 Å². The molecule has 126 valence electrons. The van der Waals surface area contributed by atoms with Crippen LogP contribution in [0.2, 0.25) is 0 Å². The van der Waals surface area contributed by atoms with E-state index in [1.54, 1.807) is 0 Å². The van der Waals surface area contributed by atoms with Crippen LogP contribution in [0.5, 0.6) is 0 Å². The molecule has 23 heavy (non-hydrogen) atoms. The molecular formula is C17H25N3O2S. The molecule has 0 aromatic heterocycles. The number of anilines is 1. The first-order valence-corrected chi connectivity index (χ1v) is 9.47. The summed E-state index contributed by atoms with van der Waals surface area (Å²) in [5, 5.41) is 6.49. The summed E-state index contributed by atoms with van der Waals surface area (Å²) < 4.78 is 5.42. The third kappa shape index (κ3) is 4.86. The Morgan fingerprint density at radius 2 is 2.17 bits per heavy atom. The normalized spacial score (nSPS) is 21.9. The first kappa shape index (κ1) is 16.6. The van der Waals surface area contributed by atoms with E-state index in [0.717, 1.165) is 44.4 Å². The summed E-state index contributed by atoms with van der Waals surface area (Å²) in [4.78, 5) is 14.5. The van der Waals surface area contributed by atoms with Crippen LogP contribution in [0.25, 0.3) is 0 Å². The van der Waals surface area contributed by atoms with Crippen LogP contribution in [0.1, 0.15) is 12.0 Å². The van der Waals surface area contributed by atoms with E-state index in [2.05, 4.69) is 33.7 Å². The van der Waals surface area contributed by atoms with Crippen LogP contribution >= 0.6 is 11.8 Å². The zero-order valence-electron chi connectivity index (χ0n) is 13.4. The first-order chi connectivity index (χ1) is 11.3. The second-order valence-electron chi connectivity index (χ2n) is 5.93. The number of amides is 1. The predicted octanol–water partition coefficient (Wildman–Crippen LogP) is 1.23. The third-order valence-electron chi connectivity index (χ3n) is 4.25. The maximum atomic E-state index is 12.2. The molecule has 0 radical (unpaired) electrons. The van der Waals surface area contributed by atoms with Gasteiger partial charge in [0, 0.05) is 55.8 Å². The number of thioether (sulfide) groups is 1. The molecule has 0 aliphatic carbocycles. The maximum absolute atomic E-state index is 12.2. The van der Waals surface area contributed by atoms with Crippen LogP contribution in [0, 0.1) is 0 Å². The SMILES string of the molecule is O=C(CC1CSCCN1)NCc1ccccc1N1CCOCC1. The zero-order chi connectivity index (χ0) is 15.9. The molecule has 2 N–H and O–H groups in total. The number of carbonyl (C=O) groups is 1. The molecule has 0 bridgehead atoms. The lowest BCUT2D eigenvalue weighted by atomic mass is 10.1. The zero-order valence-corrected chi connectivity index (χ0v) is 14.2. The summed E-state index contributed by atoms with van der Waals surface area (Å²) in [7, 11) is 0. The van der Waals surface area contributed by atoms with Gasteiger partial charge >= 0.3 is 0 Å². The summed E-state index contributed by atoms with van der Waals surface area (Å²) >= 11 is 1.92. The van der Waals surface area contributed by atoms with Crippen molar-refractivity contribution in [2.45, 2.75) is 19.0 Å². The van der Waals surface area contributed by atoms with E-state index in [1.807, 2.05) is 17.8 Å². The predicted molar refractivity (Wildman–Crippen MR) is 95.1 cm³/mol. The average Bonchev–Trinajstić information content (AvgIpc) is 2.62. The van der Waals surface area contributed by atoms with Gasteiger partial charge in [0.05, 0.1) is 13.2 Å². The summed E-state index contributed by atoms with van der Waals surface area (Å²) in [5.41, 5.74) is 2.39. The molecule has 0 saturated carbocycles. The number of para-hydroxylation sites is 1. The molecule has 0 spiro atoms. The molecule has 2 saturated heterocycles. The Morgan fingerprint density at radius 1 is 1.35 bits per heavy atom. The topological polar surface area (TPSA) is 53.6 Å². The molecule has 2 heterocycles. The summed E-state index contributed by atoms with van der Waals surface area (Å²) in [5.74, 6) is 2.30. The Kier molecular flexibility index (Phi) is 6.19. The van der Waals surface area contributed by atoms with Crippen molar-refractivity contribution in [3.63, 3.8) is 0 Å². The van der Waals surface area contributed by atoms with Crippen molar-refractivity contribution >= 4 is 23.4 Å². The van der Waals surface area contributed by atoms with Crippen molar-refractivity contribution in [3.8, 4) is 0 Å². The lowest BCUT2D eigenvalue weighted by Gasteiger charge is -2.30. The van der Waals surface area contributed by atoms with Gasteiger partial charge in [0.15, 0.2) is 0 Å². The van der Waals surface area contributed by atoms with Gasteiger partial charge in [-0.15, -0.1) is 0 Å². The van der Waals surface area contributed by atoms with E-state index >= 15 is 0 Å². The smallest absolute Gasteiger partial charge is 0.221 e. The average molecular weight is 335 g/mol. The van der Waals surface area contributed by atoms with E-state index in [9.17, 15) is 4.79 Å². The summed E-state index contributed by atoms with van der Waals surface area (Å²) in [6.07, 6.45) is 0.562. The van der Waals surface area contributed by atoms with Gasteiger partial charge in [-0.05, 0) is 11.6 Å². The van der Waals surface area contributed by atoms with Crippen LogP contribution in [-0.2, 0) is 16.1 Å². The van der Waals surface area contributed by atoms with Crippen molar-refractivity contribution in [3.05, 3.63) is 29.8 Å². The molecule has 1 atom stereocenters. The summed E-state index contributed by atoms with van der Waals surface area (Å²) in [6.45, 7) is 4.95. The fourth-order valence-corrected chi connectivity index (χ4v) is 3.96. The number of hydrogen-bond donors (Lipinski definition) is 2. The fraction of sp³-hybridized carbons (Fsp3) is 0.588. The highest BCUT2D eigenvalue weighted by molar-refractivity contribution is 7.99. The Balaban J connectivity index is 1.54. The number of benzene rings is 1. The van der Waals surface area contributed by atoms with Crippen molar-refractivity contribution in [1.82, 2.24) is 10.6 Å². The Bertz CT molecular complexity index is 514. The summed E-state index contributed by atoms with van der Waals surface area (Å²) in [6, 6.07) is 8.62. The van der Waals surface area contributed by atoms with Gasteiger partial charge in [-0.2, -0.15) is 11.8 Å². The van der Waals surface area contributed by atoms with E-state index in [0.29, 0.717) is 19.0 Å². The molecule has 5 nitrogen and oxygen atoms in total. The number of nitrogens with one attached hydrogen (secondary N) is 2. The lowest BCUT2D eigenvalue weighted by molar-refractivity contribution is -0.121. The van der Waals surface area contributed by atoms with Crippen LogP contribution < -0.4 is 15.5 Å². The van der Waals surface area contributed by atoms with Crippen molar-refractivity contribution in [1.29, 1.82) is 0 Å². The second kappa shape index (κ2) is 8.57. The second-order valence-corrected chi connectivity index (χ2v) is 7.08. The highest BCUT2D eigenvalue weighted by Gasteiger charge is 2.18. The van der Waals surface area contributed by atoms with Crippen molar-refractivity contribution < 1.29 is 9.53 Å². The van der Waals surface area contributed by atoms with Gasteiger partial charge in [0.2, 0.25) is 5.91 Å². The standard InChI is InChI=1S/C17H25N3O2S/c21-17(11-15-13-23-10-5-18-15)19-12-14-3-1-2-4-16(14)20-6-8-22-9-7-20/h1-4,15,18H,5-13H2,(H,19,21). The van der Waals surface area contributed by atoms with Crippen LogP contribution in [0.3, 0.4) is 0 Å². The van der Waals surface area contributed by atoms with E-state index in [-0.39, 0.29) is 5.91 Å². The number of ether oxygens (including phenoxy) is 1. The molecule has 1 aromatic carbocycles. The largest absolute Gasteiger partial charge is 0.378 e. The molecular weight excluding hydrogens is 310 g/mol. The van der Waals surface area contributed by atoms with Gasteiger partial charge in [0.25, 0.3) is 0 Å². The van der Waals surface area contributed by atoms with E-state index < -0.39 is 0 Å². The molecule has 2 aliphatic rings. The Labute approximate surface area is 142 Å². The highest BCUT2D eigenvalue weighted by atomic mass is 32.2. The minimum atomic E-state index is 0.127. The van der Waals surface area contributed by atoms with Gasteiger partial charge in [-0.1, -0.05) is 18.2 Å². The number of hydrogen-bond acceptors (Lipinski definition) is 5. The molecule has 6 heteroatoms. The minimum Gasteiger partial charge on any atom is -0.378 e. The fourth-order valence-electron chi connectivity index (χ4n) is 3.01. The van der Waals surface area contributed by atoms with Crippen LogP contribution in [0.15, 0.2) is 24.3 Å². The van der Waals surface area contributed by atoms with Gasteiger partial charge in [-0.25, -0.2) is 0 Å². The van der Waals surface area contributed by atoms with Crippen molar-refractivity contribution in [2.24, 2.45) is 0 Å². The Morgan fingerprint density at radius 3 is 2.96 bits per heavy atom. The number of nitrogens with zero attached hydrogens (tertiary/aromatic N) is 1. The van der Waals surface area contributed by atoms with Crippen LogP contribution in [0.4, 0.5) is 5.69 Å². The molecule has 1 unspecified atom stereocenters. The monoisotopic (exact) mass is 335 g/mol. The minimum absolute atomic E-state index is 0.127. The Hall–Kier alpha value is -1.24. The first-order valence-electron chi connectivity index (χ1n) is 8.31. The quantitative estimate of drug-likeness (QED) is 0.848. The number of morpholine rings is 1. The maximum Gasteiger partial charge on any atom is 0.221 e. The molecule has 2 fully saturated rings. The molecule has 1 aromatic rings. The number of rotatable bonds is 5. The highest BCUT2D eigenvalue weighted by Crippen LogP contribution is 2.21. The molecule has 1 amide bonds. The molecule has 2 aliphatic heterocycles. The van der Waals surface area contributed by atoms with Crippen molar-refractivity contribution in [2.75, 3.05) is 49.3 Å². The van der Waals surface area contributed by atoms with Gasteiger partial charge < -0.3 is 20.3 Å².